The first-order chi connectivity index (χ1) is 7.68. The van der Waals surface area contributed by atoms with E-state index in [2.05, 4.69) is 21.2 Å². The summed E-state index contributed by atoms with van der Waals surface area (Å²) in [7, 11) is -9.33. The molecule has 0 radical (unpaired) electrons. The van der Waals surface area contributed by atoms with Gasteiger partial charge in [0.2, 0.25) is 0 Å². The van der Waals surface area contributed by atoms with Crippen LogP contribution < -0.4 is 80.9 Å². The molecule has 134 valence electrons. The average Bonchev–Trinajstić information content (AvgIpc) is 1.97. The molecule has 0 aromatic heterocycles. The van der Waals surface area contributed by atoms with E-state index < -0.39 is 32.9 Å². The average molecular weight is 491 g/mol. The van der Waals surface area contributed by atoms with Crippen LogP contribution in [-0.4, -0.2) is 104 Å². The number of rotatable bonds is 2. The number of aliphatic hydroxyl groups is 1. The second kappa shape index (κ2) is 27.9. The largest absolute Gasteiger partial charge is 1.00 e. The van der Waals surface area contributed by atoms with Gasteiger partial charge in [-0.1, -0.05) is 4.44 Å². The fourth-order valence-corrected chi connectivity index (χ4v) is 0.163. The number of halogens is 1. The molecule has 20 heteroatoms. The molecule has 0 saturated carbocycles. The molecule has 0 rings (SSSR count). The van der Waals surface area contributed by atoms with Crippen LogP contribution in [0.2, 0.25) is 0 Å². The fraction of sp³-hybridized carbons (Fsp3) is 0.667. The van der Waals surface area contributed by atoms with Crippen LogP contribution in [0.15, 0.2) is 0 Å². The summed E-state index contributed by atoms with van der Waals surface area (Å²) in [6, 6.07) is 0. The van der Waals surface area contributed by atoms with Gasteiger partial charge >= 0.3 is 108 Å². The van der Waals surface area contributed by atoms with Crippen LogP contribution in [0.25, 0.3) is 0 Å². The summed E-state index contributed by atoms with van der Waals surface area (Å²) in [5.74, 6) is -0.917. The summed E-state index contributed by atoms with van der Waals surface area (Å²) in [6.07, 6.45) is -1.20. The standard InChI is InChI=1S/C3H5ClO4.3Al.K.Na.2H2O4S.11H/c1-2(5)3(6)7-8-4;;;;;;2*1-5(2,3)4;;;;;;;;;;;/h2,5H,1H3;;;;;;2*(H2,1,2,3,4);;;;;;;;;;;/q;;;;2*+1;;;;;;;;;;;;2*-1. The van der Waals surface area contributed by atoms with Gasteiger partial charge in [-0.2, -0.15) is 16.8 Å². The predicted molar refractivity (Wildman–Crippen MR) is 85.1 cm³/mol. The molecular formula is C3H20Al3ClKNaO12S2. The maximum atomic E-state index is 10.1. The first-order valence-electron chi connectivity index (χ1n) is 3.25. The van der Waals surface area contributed by atoms with Gasteiger partial charge in [0.1, 0.15) is 11.9 Å². The second-order valence-corrected chi connectivity index (χ2v) is 3.95. The molecule has 0 aromatic rings. The molecule has 0 aromatic carbocycles. The number of hydrogen-bond donors (Lipinski definition) is 5. The van der Waals surface area contributed by atoms with E-state index in [0.717, 1.165) is 0 Å². The monoisotopic (exact) mass is 490 g/mol. The zero-order valence-electron chi connectivity index (χ0n) is 12.4. The molecule has 0 aliphatic carbocycles. The van der Waals surface area contributed by atoms with Gasteiger partial charge in [0.15, 0.2) is 58.2 Å². The van der Waals surface area contributed by atoms with Crippen molar-refractivity contribution in [2.45, 2.75) is 13.0 Å². The van der Waals surface area contributed by atoms with Crippen molar-refractivity contribution in [1.82, 2.24) is 0 Å². The van der Waals surface area contributed by atoms with Crippen LogP contribution in [0.5, 0.6) is 0 Å². The van der Waals surface area contributed by atoms with Crippen molar-refractivity contribution in [3.05, 3.63) is 0 Å². The minimum absolute atomic E-state index is 0. The van der Waals surface area contributed by atoms with Crippen molar-refractivity contribution in [3.8, 4) is 0 Å². The van der Waals surface area contributed by atoms with E-state index in [1.165, 1.54) is 6.92 Å². The number of carbonyl (C=O) groups excluding carboxylic acids is 1. The quantitative estimate of drug-likeness (QED) is 0.106. The third-order valence-electron chi connectivity index (χ3n) is 0.455. The number of carbonyl (C=O) groups is 1. The van der Waals surface area contributed by atoms with Gasteiger partial charge in [-0.15, -0.1) is 0 Å². The Morgan fingerprint density at radius 3 is 1.22 bits per heavy atom. The van der Waals surface area contributed by atoms with Gasteiger partial charge in [0, 0.05) is 0 Å². The van der Waals surface area contributed by atoms with Crippen LogP contribution in [0.1, 0.15) is 9.78 Å². The van der Waals surface area contributed by atoms with Crippen molar-refractivity contribution >= 4 is 90.7 Å². The van der Waals surface area contributed by atoms with Gasteiger partial charge in [-0.3, -0.25) is 23.1 Å². The topological polar surface area (TPSA) is 205 Å². The normalized spacial score (nSPS) is 9.52. The summed E-state index contributed by atoms with van der Waals surface area (Å²) in [5, 5.41) is 8.34. The Hall–Kier alpha value is 3.65. The fourth-order valence-electron chi connectivity index (χ4n) is 0.101. The van der Waals surface area contributed by atoms with E-state index >= 15 is 0 Å². The van der Waals surface area contributed by atoms with Crippen LogP contribution in [0.4, 0.5) is 0 Å². The van der Waals surface area contributed by atoms with E-state index in [-0.39, 0.29) is 136 Å². The van der Waals surface area contributed by atoms with Crippen LogP contribution in [-0.2, 0) is 34.9 Å². The zero-order valence-corrected chi connectivity index (χ0v) is 17.9. The summed E-state index contributed by atoms with van der Waals surface area (Å²) in [6.45, 7) is 1.23. The van der Waals surface area contributed by atoms with Crippen molar-refractivity contribution < 1.29 is 138 Å². The summed E-state index contributed by atoms with van der Waals surface area (Å²) >= 11 is 4.49. The Morgan fingerprint density at radius 1 is 1.00 bits per heavy atom. The molecule has 0 fully saturated rings. The Kier molecular flexibility index (Phi) is 61.1. The second-order valence-electron chi connectivity index (χ2n) is 2.04. The Bertz CT molecular complexity index is 395. The Balaban J connectivity index is -0.0000000152. The Labute approximate surface area is 237 Å². The first kappa shape index (κ1) is 50.4. The molecule has 23 heavy (non-hydrogen) atoms. The minimum Gasteiger partial charge on any atom is -1.00 e. The molecule has 0 aliphatic rings. The molecule has 0 amide bonds. The third-order valence-corrected chi connectivity index (χ3v) is 0.518. The maximum Gasteiger partial charge on any atom is 1.00 e. The van der Waals surface area contributed by atoms with E-state index in [1.54, 1.807) is 0 Å². The Morgan fingerprint density at radius 2 is 1.17 bits per heavy atom. The van der Waals surface area contributed by atoms with Gasteiger partial charge in [-0.25, -0.2) is 4.79 Å². The molecule has 0 spiro atoms. The van der Waals surface area contributed by atoms with E-state index in [4.69, 9.17) is 40.2 Å². The smallest absolute Gasteiger partial charge is 1.00 e. The zero-order chi connectivity index (χ0) is 15.6. The molecular weight excluding hydrogens is 471 g/mol. The van der Waals surface area contributed by atoms with E-state index in [0.29, 0.717) is 0 Å². The van der Waals surface area contributed by atoms with Crippen LogP contribution in [0, 0.1) is 0 Å². The first-order valence-corrected chi connectivity index (χ1v) is 6.35. The molecule has 0 heterocycles. The van der Waals surface area contributed by atoms with Crippen molar-refractivity contribution in [1.29, 1.82) is 0 Å². The minimum atomic E-state index is -4.67. The van der Waals surface area contributed by atoms with Crippen molar-refractivity contribution in [2.75, 3.05) is 0 Å². The molecule has 5 N–H and O–H groups in total. The summed E-state index contributed by atoms with van der Waals surface area (Å²) in [5.41, 5.74) is 0. The molecule has 0 aliphatic heterocycles. The third kappa shape index (κ3) is 126. The van der Waals surface area contributed by atoms with Gasteiger partial charge < -0.3 is 7.96 Å². The van der Waals surface area contributed by atoms with Gasteiger partial charge in [0.05, 0.1) is 0 Å². The SMILES string of the molecule is CC(O)C(=O)OOCl.O=S(=O)(O)O.O=S(=O)(O)O.[AlH3].[AlH3].[AlH3].[H-].[H-].[K+].[Na+]. The molecule has 1 atom stereocenters. The van der Waals surface area contributed by atoms with Crippen molar-refractivity contribution in [2.24, 2.45) is 0 Å². The van der Waals surface area contributed by atoms with Gasteiger partial charge in [-0.05, 0) is 6.92 Å². The van der Waals surface area contributed by atoms with E-state index in [9.17, 15) is 4.79 Å². The van der Waals surface area contributed by atoms with Crippen LogP contribution >= 0.6 is 11.9 Å². The van der Waals surface area contributed by atoms with Crippen molar-refractivity contribution in [3.63, 3.8) is 0 Å². The summed E-state index contributed by atoms with van der Waals surface area (Å²) < 4.78 is 66.6. The number of aliphatic hydroxyl groups excluding tert-OH is 1. The summed E-state index contributed by atoms with van der Waals surface area (Å²) in [4.78, 5) is 13.7. The van der Waals surface area contributed by atoms with Crippen LogP contribution in [0.3, 0.4) is 0 Å². The molecule has 1 unspecified atom stereocenters. The predicted octanol–water partition coefficient (Wildman–Crippen LogP) is -10.6. The molecule has 12 nitrogen and oxygen atoms in total. The van der Waals surface area contributed by atoms with Gasteiger partial charge in [0.25, 0.3) is 0 Å². The molecule has 0 saturated heterocycles. The van der Waals surface area contributed by atoms with E-state index in [1.807, 2.05) is 0 Å². The maximum absolute atomic E-state index is 10.1. The number of hydrogen-bond acceptors (Lipinski definition) is 8. The molecule has 0 bridgehead atoms.